The van der Waals surface area contributed by atoms with Crippen LogP contribution in [-0.4, -0.2) is 50.0 Å². The molecule has 7 nitrogen and oxygen atoms in total. The van der Waals surface area contributed by atoms with Gasteiger partial charge >= 0.3 is 0 Å². The minimum atomic E-state index is -3.63. The highest BCUT2D eigenvalue weighted by Gasteiger charge is 2.29. The van der Waals surface area contributed by atoms with Crippen molar-refractivity contribution in [1.82, 2.24) is 10.2 Å². The Morgan fingerprint density at radius 3 is 2.31 bits per heavy atom. The SMILES string of the molecule is CCC(C(=O)NC(C)C)N(Cc1ccc(F)cc1)C(=O)CCCN(c1cccc(Cl)c1C)S(C)(=O)=O. The van der Waals surface area contributed by atoms with Gasteiger partial charge in [-0.1, -0.05) is 36.7 Å². The zero-order chi connectivity index (χ0) is 27.0. The molecule has 198 valence electrons. The molecular formula is C26H35ClFN3O4S. The van der Waals surface area contributed by atoms with Crippen LogP contribution >= 0.6 is 11.6 Å². The van der Waals surface area contributed by atoms with Crippen molar-refractivity contribution < 1.29 is 22.4 Å². The Balaban J connectivity index is 2.24. The number of halogens is 2. The lowest BCUT2D eigenvalue weighted by molar-refractivity contribution is -0.141. The maximum absolute atomic E-state index is 13.4. The zero-order valence-electron chi connectivity index (χ0n) is 21.4. The summed E-state index contributed by atoms with van der Waals surface area (Å²) in [7, 11) is -3.63. The molecule has 10 heteroatoms. The van der Waals surface area contributed by atoms with E-state index in [9.17, 15) is 22.4 Å². The fourth-order valence-electron chi connectivity index (χ4n) is 3.94. The maximum Gasteiger partial charge on any atom is 0.243 e. The molecule has 0 aliphatic carbocycles. The lowest BCUT2D eigenvalue weighted by Gasteiger charge is -2.31. The van der Waals surface area contributed by atoms with Crippen LogP contribution in [0.5, 0.6) is 0 Å². The molecule has 0 fully saturated rings. The molecule has 2 aromatic carbocycles. The van der Waals surface area contributed by atoms with Crippen LogP contribution in [0.2, 0.25) is 5.02 Å². The molecule has 2 rings (SSSR count). The van der Waals surface area contributed by atoms with Crippen LogP contribution in [-0.2, 0) is 26.2 Å². The normalized spacial score (nSPS) is 12.3. The minimum absolute atomic E-state index is 0.0261. The van der Waals surface area contributed by atoms with Gasteiger partial charge < -0.3 is 10.2 Å². The number of benzene rings is 2. The lowest BCUT2D eigenvalue weighted by atomic mass is 10.1. The van der Waals surface area contributed by atoms with Crippen LogP contribution in [0.3, 0.4) is 0 Å². The second-order valence-electron chi connectivity index (χ2n) is 9.06. The Bertz CT molecular complexity index is 1160. The van der Waals surface area contributed by atoms with Crippen LogP contribution in [0, 0.1) is 12.7 Å². The number of hydrogen-bond donors (Lipinski definition) is 1. The number of carbonyl (C=O) groups is 2. The molecule has 1 unspecified atom stereocenters. The van der Waals surface area contributed by atoms with Gasteiger partial charge in [0.1, 0.15) is 11.9 Å². The Labute approximate surface area is 218 Å². The van der Waals surface area contributed by atoms with Crippen molar-refractivity contribution in [2.45, 2.75) is 65.6 Å². The van der Waals surface area contributed by atoms with Crippen molar-refractivity contribution in [2.24, 2.45) is 0 Å². The number of anilines is 1. The number of sulfonamides is 1. The van der Waals surface area contributed by atoms with Gasteiger partial charge in [0.05, 0.1) is 11.9 Å². The van der Waals surface area contributed by atoms with Crippen molar-refractivity contribution in [3.8, 4) is 0 Å². The summed E-state index contributed by atoms with van der Waals surface area (Å²) in [6.07, 6.45) is 1.76. The first kappa shape index (κ1) is 29.6. The summed E-state index contributed by atoms with van der Waals surface area (Å²) in [6.45, 7) is 7.45. The maximum atomic E-state index is 13.4. The van der Waals surface area contributed by atoms with Crippen LogP contribution in [0.1, 0.15) is 51.2 Å². The molecule has 1 N–H and O–H groups in total. The van der Waals surface area contributed by atoms with E-state index in [4.69, 9.17) is 11.6 Å². The molecular weight excluding hydrogens is 505 g/mol. The van der Waals surface area contributed by atoms with Crippen molar-refractivity contribution in [3.63, 3.8) is 0 Å². The van der Waals surface area contributed by atoms with Crippen molar-refractivity contribution in [3.05, 3.63) is 64.4 Å². The highest BCUT2D eigenvalue weighted by molar-refractivity contribution is 7.92. The fraction of sp³-hybridized carbons (Fsp3) is 0.462. The molecule has 0 aliphatic rings. The topological polar surface area (TPSA) is 86.8 Å². The first-order valence-corrected chi connectivity index (χ1v) is 14.1. The molecule has 0 spiro atoms. The number of amides is 2. The summed E-state index contributed by atoms with van der Waals surface area (Å²) >= 11 is 6.19. The molecule has 36 heavy (non-hydrogen) atoms. The third-order valence-corrected chi connectivity index (χ3v) is 7.33. The molecule has 2 amide bonds. The van der Waals surface area contributed by atoms with Gasteiger partial charge in [-0.15, -0.1) is 0 Å². The monoisotopic (exact) mass is 539 g/mol. The molecule has 0 heterocycles. The average molecular weight is 540 g/mol. The van der Waals surface area contributed by atoms with E-state index in [1.807, 2.05) is 20.8 Å². The molecule has 2 aromatic rings. The van der Waals surface area contributed by atoms with E-state index < -0.39 is 21.9 Å². The van der Waals surface area contributed by atoms with E-state index >= 15 is 0 Å². The molecule has 0 aliphatic heterocycles. The Morgan fingerprint density at radius 2 is 1.75 bits per heavy atom. The highest BCUT2D eigenvalue weighted by atomic mass is 35.5. The van der Waals surface area contributed by atoms with Crippen molar-refractivity contribution in [1.29, 1.82) is 0 Å². The van der Waals surface area contributed by atoms with E-state index in [0.717, 1.165) is 6.26 Å². The first-order chi connectivity index (χ1) is 16.8. The van der Waals surface area contributed by atoms with E-state index in [-0.39, 0.29) is 43.8 Å². The third kappa shape index (κ3) is 8.20. The van der Waals surface area contributed by atoms with Gasteiger partial charge in [0, 0.05) is 30.6 Å². The van der Waals surface area contributed by atoms with E-state index in [1.54, 1.807) is 37.3 Å². The summed E-state index contributed by atoms with van der Waals surface area (Å²) in [5.41, 5.74) is 1.78. The molecule has 0 saturated carbocycles. The predicted octanol–water partition coefficient (Wildman–Crippen LogP) is 4.67. The lowest BCUT2D eigenvalue weighted by Crippen LogP contribution is -2.50. The Hall–Kier alpha value is -2.65. The zero-order valence-corrected chi connectivity index (χ0v) is 23.0. The van der Waals surface area contributed by atoms with Crippen LogP contribution in [0.4, 0.5) is 10.1 Å². The quantitative estimate of drug-likeness (QED) is 0.425. The molecule has 1 atom stereocenters. The number of nitrogens with one attached hydrogen (secondary N) is 1. The second kappa shape index (κ2) is 13.1. The van der Waals surface area contributed by atoms with Gasteiger partial charge in [0.15, 0.2) is 0 Å². The molecule has 0 aromatic heterocycles. The standard InChI is InChI=1S/C26H35ClFN3O4S/c1-6-23(26(33)29-18(2)3)30(17-20-12-14-21(28)15-13-20)25(32)11-8-16-31(36(5,34)35)24-10-7-9-22(27)19(24)4/h7,9-10,12-15,18,23H,6,8,11,16-17H2,1-5H3,(H,29,33). The summed E-state index contributed by atoms with van der Waals surface area (Å²) in [5.74, 6) is -0.949. The molecule has 0 radical (unpaired) electrons. The summed E-state index contributed by atoms with van der Waals surface area (Å²) in [6, 6.07) is 10.0. The summed E-state index contributed by atoms with van der Waals surface area (Å²) in [4.78, 5) is 27.7. The highest BCUT2D eigenvalue weighted by Crippen LogP contribution is 2.28. The smallest absolute Gasteiger partial charge is 0.243 e. The average Bonchev–Trinajstić information content (AvgIpc) is 2.78. The van der Waals surface area contributed by atoms with Gasteiger partial charge in [0.25, 0.3) is 0 Å². The molecule has 0 saturated heterocycles. The van der Waals surface area contributed by atoms with E-state index in [1.165, 1.54) is 21.3 Å². The number of hydrogen-bond acceptors (Lipinski definition) is 4. The largest absolute Gasteiger partial charge is 0.352 e. The number of carbonyl (C=O) groups excluding carboxylic acids is 2. The van der Waals surface area contributed by atoms with Crippen molar-refractivity contribution >= 4 is 39.1 Å². The number of rotatable bonds is 12. The summed E-state index contributed by atoms with van der Waals surface area (Å²) in [5, 5.41) is 3.31. The van der Waals surface area contributed by atoms with Gasteiger partial charge in [-0.2, -0.15) is 0 Å². The van der Waals surface area contributed by atoms with Gasteiger partial charge in [-0.25, -0.2) is 12.8 Å². The van der Waals surface area contributed by atoms with E-state index in [0.29, 0.717) is 28.3 Å². The van der Waals surface area contributed by atoms with Crippen LogP contribution < -0.4 is 9.62 Å². The Morgan fingerprint density at radius 1 is 1.11 bits per heavy atom. The van der Waals surface area contributed by atoms with Gasteiger partial charge in [0.2, 0.25) is 21.8 Å². The predicted molar refractivity (Wildman–Crippen MR) is 142 cm³/mol. The number of nitrogens with zero attached hydrogens (tertiary/aromatic N) is 2. The first-order valence-electron chi connectivity index (χ1n) is 11.9. The van der Waals surface area contributed by atoms with Crippen molar-refractivity contribution in [2.75, 3.05) is 17.1 Å². The van der Waals surface area contributed by atoms with Gasteiger partial charge in [-0.3, -0.25) is 13.9 Å². The Kier molecular flexibility index (Phi) is 10.7. The van der Waals surface area contributed by atoms with E-state index in [2.05, 4.69) is 5.32 Å². The second-order valence-corrected chi connectivity index (χ2v) is 11.4. The third-order valence-electron chi connectivity index (χ3n) is 5.74. The molecule has 0 bridgehead atoms. The fourth-order valence-corrected chi connectivity index (χ4v) is 5.12. The van der Waals surface area contributed by atoms with Crippen LogP contribution in [0.15, 0.2) is 42.5 Å². The van der Waals surface area contributed by atoms with Gasteiger partial charge in [-0.05, 0) is 69.0 Å². The minimum Gasteiger partial charge on any atom is -0.352 e. The summed E-state index contributed by atoms with van der Waals surface area (Å²) < 4.78 is 39.7. The van der Waals surface area contributed by atoms with Crippen LogP contribution in [0.25, 0.3) is 0 Å².